The Kier molecular flexibility index (Phi) is 18.8. The molecule has 0 aliphatic rings. The molecule has 0 radical (unpaired) electrons. The summed E-state index contributed by atoms with van der Waals surface area (Å²) in [5, 5.41) is 0. The lowest BCUT2D eigenvalue weighted by atomic mass is 9.85. The molecule has 2 unspecified atom stereocenters. The van der Waals surface area contributed by atoms with Crippen molar-refractivity contribution in [3.63, 3.8) is 0 Å². The maximum atomic E-state index is 6.05. The Morgan fingerprint density at radius 3 is 0.922 bits per heavy atom. The molecule has 0 aliphatic carbocycles. The summed E-state index contributed by atoms with van der Waals surface area (Å²) < 4.78 is 0. The van der Waals surface area contributed by atoms with E-state index in [-0.39, 0.29) is 0 Å². The van der Waals surface area contributed by atoms with E-state index in [2.05, 4.69) is 111 Å². The van der Waals surface area contributed by atoms with Gasteiger partial charge in [-0.3, -0.25) is 0 Å². The minimum absolute atomic E-state index is 0.436. The van der Waals surface area contributed by atoms with Crippen LogP contribution in [0.3, 0.4) is 0 Å². The Hall–Kier alpha value is -3.52. The number of unbranched alkanes of at least 4 members (excludes halogenated alkanes) is 14. The Morgan fingerprint density at radius 2 is 0.608 bits per heavy atom. The van der Waals surface area contributed by atoms with Crippen molar-refractivity contribution < 1.29 is 0 Å². The molecule has 0 saturated heterocycles. The third-order valence-corrected chi connectivity index (χ3v) is 11.1. The maximum Gasteiger partial charge on any atom is 0.0314 e. The molecule has 0 saturated carbocycles. The lowest BCUT2D eigenvalue weighted by molar-refractivity contribution is 0.551. The molecule has 0 aliphatic heterocycles. The monoisotopic (exact) mass is 687 g/mol. The molecule has 4 aromatic carbocycles. The summed E-state index contributed by atoms with van der Waals surface area (Å²) in [6.07, 6.45) is 27.5. The van der Waals surface area contributed by atoms with Crippen molar-refractivity contribution in [3.8, 4) is 0 Å². The van der Waals surface area contributed by atoms with Gasteiger partial charge in [0.05, 0.1) is 0 Å². The molecule has 0 heterocycles. The highest BCUT2D eigenvalue weighted by Gasteiger charge is 2.16. The first kappa shape index (κ1) is 40.3. The van der Waals surface area contributed by atoms with Crippen LogP contribution in [-0.4, -0.2) is 0 Å². The van der Waals surface area contributed by atoms with E-state index in [1.54, 1.807) is 0 Å². The first-order chi connectivity index (χ1) is 25.1. The van der Waals surface area contributed by atoms with Gasteiger partial charge in [-0.2, -0.15) is 0 Å². The van der Waals surface area contributed by atoms with E-state index in [4.69, 9.17) is 11.5 Å². The zero-order valence-electron chi connectivity index (χ0n) is 32.4. The van der Waals surface area contributed by atoms with Crippen LogP contribution in [0.2, 0.25) is 0 Å². The van der Waals surface area contributed by atoms with Crippen molar-refractivity contribution in [1.82, 2.24) is 0 Å². The highest BCUT2D eigenvalue weighted by atomic mass is 14.5. The van der Waals surface area contributed by atoms with Crippen molar-refractivity contribution in [3.05, 3.63) is 130 Å². The van der Waals surface area contributed by atoms with Crippen LogP contribution in [0.5, 0.6) is 0 Å². The minimum Gasteiger partial charge on any atom is -0.399 e. The summed E-state index contributed by atoms with van der Waals surface area (Å²) >= 11 is 0. The second-order valence-corrected chi connectivity index (χ2v) is 15.3. The Labute approximate surface area is 312 Å². The molecule has 2 nitrogen and oxygen atoms in total. The van der Waals surface area contributed by atoms with Crippen LogP contribution in [0, 0.1) is 0 Å². The van der Waals surface area contributed by atoms with E-state index < -0.39 is 0 Å². The highest BCUT2D eigenvalue weighted by Crippen LogP contribution is 2.33. The SMILES string of the molecule is CCCCCCCCCCC(c1ccc(N)cc1)c1ccc(CCCc2ccc(C(CCCCCCCCCC)c3ccc(N)cc3)cc2)cc1. The molecule has 4 rings (SSSR count). The zero-order chi connectivity index (χ0) is 35.9. The highest BCUT2D eigenvalue weighted by molar-refractivity contribution is 5.44. The first-order valence-electron chi connectivity index (χ1n) is 21.0. The Morgan fingerprint density at radius 1 is 0.333 bits per heavy atom. The van der Waals surface area contributed by atoms with Gasteiger partial charge in [0, 0.05) is 23.2 Å². The van der Waals surface area contributed by atoms with Crippen LogP contribution in [0.15, 0.2) is 97.1 Å². The van der Waals surface area contributed by atoms with Gasteiger partial charge >= 0.3 is 0 Å². The van der Waals surface area contributed by atoms with Crippen molar-refractivity contribution in [2.24, 2.45) is 0 Å². The third-order valence-electron chi connectivity index (χ3n) is 11.1. The number of nitrogen functional groups attached to an aromatic ring is 2. The van der Waals surface area contributed by atoms with Crippen LogP contribution in [0.25, 0.3) is 0 Å². The van der Waals surface area contributed by atoms with Crippen LogP contribution in [0.4, 0.5) is 11.4 Å². The van der Waals surface area contributed by atoms with Gasteiger partial charge < -0.3 is 11.5 Å². The zero-order valence-corrected chi connectivity index (χ0v) is 32.4. The van der Waals surface area contributed by atoms with E-state index in [0.29, 0.717) is 11.8 Å². The second-order valence-electron chi connectivity index (χ2n) is 15.3. The molecule has 2 atom stereocenters. The molecule has 276 valence electrons. The van der Waals surface area contributed by atoms with Crippen LogP contribution in [-0.2, 0) is 12.8 Å². The van der Waals surface area contributed by atoms with E-state index >= 15 is 0 Å². The molecule has 0 bridgehead atoms. The second kappa shape index (κ2) is 23.9. The van der Waals surface area contributed by atoms with Crippen molar-refractivity contribution >= 4 is 11.4 Å². The molecule has 0 spiro atoms. The summed E-state index contributed by atoms with van der Waals surface area (Å²) in [5.74, 6) is 0.872. The minimum atomic E-state index is 0.436. The number of rotatable bonds is 26. The van der Waals surface area contributed by atoms with Gasteiger partial charge in [0.15, 0.2) is 0 Å². The van der Waals surface area contributed by atoms with Crippen molar-refractivity contribution in [1.29, 1.82) is 0 Å². The molecular weight excluding hydrogens is 617 g/mol. The normalized spacial score (nSPS) is 12.6. The van der Waals surface area contributed by atoms with Crippen LogP contribution >= 0.6 is 0 Å². The quantitative estimate of drug-likeness (QED) is 0.0510. The van der Waals surface area contributed by atoms with Crippen molar-refractivity contribution in [2.75, 3.05) is 11.5 Å². The maximum absolute atomic E-state index is 6.05. The molecule has 51 heavy (non-hydrogen) atoms. The molecule has 0 fully saturated rings. The van der Waals surface area contributed by atoms with Crippen molar-refractivity contribution in [2.45, 2.75) is 161 Å². The Balaban J connectivity index is 1.27. The average Bonchev–Trinajstić information content (AvgIpc) is 3.15. The fourth-order valence-corrected chi connectivity index (χ4v) is 7.80. The molecular formula is C49H70N2. The molecule has 0 aromatic heterocycles. The van der Waals surface area contributed by atoms with Gasteiger partial charge in [-0.25, -0.2) is 0 Å². The summed E-state index contributed by atoms with van der Waals surface area (Å²) in [6, 6.07) is 36.2. The lowest BCUT2D eigenvalue weighted by Gasteiger charge is -2.19. The Bertz CT molecular complexity index is 1320. The molecule has 0 amide bonds. The van der Waals surface area contributed by atoms with Crippen LogP contribution < -0.4 is 11.5 Å². The molecule has 2 heteroatoms. The third kappa shape index (κ3) is 14.9. The van der Waals surface area contributed by atoms with Gasteiger partial charge in [-0.05, 0) is 89.8 Å². The van der Waals surface area contributed by atoms with E-state index in [9.17, 15) is 0 Å². The largest absolute Gasteiger partial charge is 0.399 e. The average molecular weight is 687 g/mol. The van der Waals surface area contributed by atoms with E-state index in [1.165, 1.54) is 149 Å². The van der Waals surface area contributed by atoms with E-state index in [1.807, 2.05) is 0 Å². The number of hydrogen-bond donors (Lipinski definition) is 2. The fraction of sp³-hybridized carbons (Fsp3) is 0.510. The van der Waals surface area contributed by atoms with Gasteiger partial charge in [0.25, 0.3) is 0 Å². The summed E-state index contributed by atoms with van der Waals surface area (Å²) in [5.41, 5.74) is 22.3. The summed E-state index contributed by atoms with van der Waals surface area (Å²) in [7, 11) is 0. The number of hydrogen-bond acceptors (Lipinski definition) is 2. The smallest absolute Gasteiger partial charge is 0.0314 e. The van der Waals surface area contributed by atoms with E-state index in [0.717, 1.165) is 30.6 Å². The predicted octanol–water partition coefficient (Wildman–Crippen LogP) is 14.4. The predicted molar refractivity (Wildman–Crippen MR) is 225 cm³/mol. The topological polar surface area (TPSA) is 52.0 Å². The van der Waals surface area contributed by atoms with Gasteiger partial charge in [0.1, 0.15) is 0 Å². The summed E-state index contributed by atoms with van der Waals surface area (Å²) in [4.78, 5) is 0. The molecule has 4 N–H and O–H groups in total. The number of benzene rings is 4. The summed E-state index contributed by atoms with van der Waals surface area (Å²) in [6.45, 7) is 4.59. The van der Waals surface area contributed by atoms with Crippen LogP contribution in [0.1, 0.15) is 181 Å². The van der Waals surface area contributed by atoms with Gasteiger partial charge in [-0.15, -0.1) is 0 Å². The lowest BCUT2D eigenvalue weighted by Crippen LogP contribution is -2.03. The van der Waals surface area contributed by atoms with Gasteiger partial charge in [-0.1, -0.05) is 189 Å². The first-order valence-corrected chi connectivity index (χ1v) is 21.0. The number of anilines is 2. The fourth-order valence-electron chi connectivity index (χ4n) is 7.80. The number of nitrogens with two attached hydrogens (primary N) is 2. The molecule has 4 aromatic rings. The van der Waals surface area contributed by atoms with Gasteiger partial charge in [0.2, 0.25) is 0 Å². The number of aryl methyl sites for hydroxylation is 2. The standard InChI is InChI=1S/C49H70N2/c1-3-5-7-9-11-13-15-17-22-48(44-32-36-46(50)37-33-44)42-28-24-40(25-29-42)20-19-21-41-26-30-43(31-27-41)49(45-34-38-47(51)39-35-45)23-18-16-14-12-10-8-6-4-2/h24-39,48-49H,3-23,50-51H2,1-2H3.